The van der Waals surface area contributed by atoms with Crippen LogP contribution in [0.3, 0.4) is 0 Å². The molecule has 1 aliphatic rings. The number of pyridine rings is 1. The molecule has 0 spiro atoms. The molecule has 1 aliphatic heterocycles. The number of nitrogens with zero attached hydrogens (tertiary/aromatic N) is 2. The minimum Gasteiger partial charge on any atom is -0.475 e. The Morgan fingerprint density at radius 1 is 1.43 bits per heavy atom. The molecule has 156 valence electrons. The first kappa shape index (κ1) is 22.0. The fourth-order valence-electron chi connectivity index (χ4n) is 2.44. The average Bonchev–Trinajstić information content (AvgIpc) is 2.67. The third kappa shape index (κ3) is 7.01. The zero-order valence-corrected chi connectivity index (χ0v) is 16.0. The van der Waals surface area contributed by atoms with Gasteiger partial charge < -0.3 is 24.3 Å². The molecule has 1 fully saturated rings. The van der Waals surface area contributed by atoms with E-state index in [1.807, 2.05) is 0 Å². The molecule has 0 bridgehead atoms. The van der Waals surface area contributed by atoms with Crippen molar-refractivity contribution < 1.29 is 32.1 Å². The van der Waals surface area contributed by atoms with Gasteiger partial charge in [0.2, 0.25) is 11.8 Å². The van der Waals surface area contributed by atoms with Crippen molar-refractivity contribution in [3.05, 3.63) is 29.5 Å². The van der Waals surface area contributed by atoms with E-state index in [4.69, 9.17) is 14.2 Å². The van der Waals surface area contributed by atoms with E-state index in [1.165, 1.54) is 12.3 Å². The van der Waals surface area contributed by atoms with Gasteiger partial charge in [0.15, 0.2) is 6.61 Å². The SMILES string of the molecule is CN=C(/C=C(\NC)c1cnc(OCC(F)(F)F)cc1C)OCC1COCCO1. The summed E-state index contributed by atoms with van der Waals surface area (Å²) in [6.07, 6.45) is -1.45. The van der Waals surface area contributed by atoms with E-state index < -0.39 is 12.8 Å². The van der Waals surface area contributed by atoms with Gasteiger partial charge in [-0.3, -0.25) is 4.99 Å². The Morgan fingerprint density at radius 2 is 2.21 bits per heavy atom. The van der Waals surface area contributed by atoms with Crippen LogP contribution in [0.15, 0.2) is 23.3 Å². The minimum absolute atomic E-state index is 0.0934. The highest BCUT2D eigenvalue weighted by molar-refractivity contribution is 5.95. The van der Waals surface area contributed by atoms with Crippen molar-refractivity contribution >= 4 is 11.6 Å². The second-order valence-electron chi connectivity index (χ2n) is 5.99. The number of alkyl halides is 3. The Balaban J connectivity index is 2.06. The first-order valence-electron chi connectivity index (χ1n) is 8.67. The summed E-state index contributed by atoms with van der Waals surface area (Å²) in [5.41, 5.74) is 2.02. The zero-order chi connectivity index (χ0) is 20.6. The maximum absolute atomic E-state index is 12.3. The standard InChI is InChI=1S/C18H24F3N3O4/c1-12-6-17(28-11-18(19,20)21)24-8-14(12)15(22-2)7-16(23-3)27-10-13-9-25-4-5-26-13/h6-8,13,22H,4-5,9-11H2,1-3H3/b15-7-,23-16?. The Hall–Kier alpha value is -2.33. The van der Waals surface area contributed by atoms with Gasteiger partial charge >= 0.3 is 6.18 Å². The summed E-state index contributed by atoms with van der Waals surface area (Å²) in [5, 5.41) is 3.02. The lowest BCUT2D eigenvalue weighted by Gasteiger charge is -2.23. The third-order valence-corrected chi connectivity index (χ3v) is 3.82. The third-order valence-electron chi connectivity index (χ3n) is 3.82. The summed E-state index contributed by atoms with van der Waals surface area (Å²) < 4.78 is 58.0. The molecule has 1 N–H and O–H groups in total. The summed E-state index contributed by atoms with van der Waals surface area (Å²) in [5.74, 6) is 0.277. The molecule has 0 aliphatic carbocycles. The van der Waals surface area contributed by atoms with E-state index in [-0.39, 0.29) is 12.0 Å². The molecule has 0 saturated carbocycles. The van der Waals surface area contributed by atoms with Gasteiger partial charge in [0, 0.05) is 43.7 Å². The molecule has 28 heavy (non-hydrogen) atoms. The molecule has 1 saturated heterocycles. The van der Waals surface area contributed by atoms with Crippen LogP contribution in [-0.2, 0) is 14.2 Å². The highest BCUT2D eigenvalue weighted by Crippen LogP contribution is 2.22. The summed E-state index contributed by atoms with van der Waals surface area (Å²) >= 11 is 0. The number of ether oxygens (including phenoxy) is 4. The van der Waals surface area contributed by atoms with Crippen LogP contribution in [0.5, 0.6) is 5.88 Å². The number of rotatable bonds is 7. The van der Waals surface area contributed by atoms with Crippen molar-refractivity contribution in [2.45, 2.75) is 19.2 Å². The van der Waals surface area contributed by atoms with Crippen LogP contribution >= 0.6 is 0 Å². The van der Waals surface area contributed by atoms with Gasteiger partial charge in [-0.1, -0.05) is 0 Å². The largest absolute Gasteiger partial charge is 0.475 e. The molecular weight excluding hydrogens is 379 g/mol. The number of aliphatic imine (C=N–C) groups is 1. The van der Waals surface area contributed by atoms with E-state index in [2.05, 4.69) is 20.0 Å². The Bertz CT molecular complexity index is 702. The highest BCUT2D eigenvalue weighted by Gasteiger charge is 2.28. The van der Waals surface area contributed by atoms with E-state index in [0.29, 0.717) is 49.1 Å². The molecule has 0 aromatic carbocycles. The smallest absolute Gasteiger partial charge is 0.422 e. The van der Waals surface area contributed by atoms with E-state index >= 15 is 0 Å². The molecule has 0 amide bonds. The lowest BCUT2D eigenvalue weighted by molar-refractivity contribution is -0.154. The first-order valence-corrected chi connectivity index (χ1v) is 8.67. The topological polar surface area (TPSA) is 74.2 Å². The first-order chi connectivity index (χ1) is 13.3. The van der Waals surface area contributed by atoms with Crippen LogP contribution in [0, 0.1) is 6.92 Å². The molecule has 10 heteroatoms. The molecule has 1 aromatic rings. The molecular formula is C18H24F3N3O4. The summed E-state index contributed by atoms with van der Waals surface area (Å²) in [6, 6.07) is 1.45. The maximum Gasteiger partial charge on any atom is 0.422 e. The fraction of sp³-hybridized carbons (Fsp3) is 0.556. The molecule has 2 rings (SSSR count). The number of halogens is 3. The van der Waals surface area contributed by atoms with Crippen molar-refractivity contribution in [1.29, 1.82) is 0 Å². The van der Waals surface area contributed by atoms with Crippen molar-refractivity contribution in [2.75, 3.05) is 47.1 Å². The van der Waals surface area contributed by atoms with Crippen LogP contribution < -0.4 is 10.1 Å². The predicted octanol–water partition coefficient (Wildman–Crippen LogP) is 2.35. The summed E-state index contributed by atoms with van der Waals surface area (Å²) in [4.78, 5) is 8.04. The molecule has 1 unspecified atom stereocenters. The quantitative estimate of drug-likeness (QED) is 0.557. The van der Waals surface area contributed by atoms with Crippen LogP contribution in [0.1, 0.15) is 11.1 Å². The molecule has 1 atom stereocenters. The van der Waals surface area contributed by atoms with Gasteiger partial charge in [0.05, 0.1) is 19.8 Å². The second kappa shape index (κ2) is 10.3. The number of hydrogen-bond acceptors (Lipinski definition) is 7. The number of nitrogens with one attached hydrogen (secondary N) is 1. The number of hydrogen-bond donors (Lipinski definition) is 1. The van der Waals surface area contributed by atoms with Crippen LogP contribution in [-0.4, -0.2) is 70.3 Å². The fourth-order valence-corrected chi connectivity index (χ4v) is 2.44. The normalized spacial score (nSPS) is 18.7. The molecule has 2 heterocycles. The molecule has 0 radical (unpaired) electrons. The summed E-state index contributed by atoms with van der Waals surface area (Å²) in [6.45, 7) is 2.21. The van der Waals surface area contributed by atoms with E-state index in [9.17, 15) is 13.2 Å². The average molecular weight is 403 g/mol. The van der Waals surface area contributed by atoms with Gasteiger partial charge in [-0.2, -0.15) is 13.2 Å². The van der Waals surface area contributed by atoms with Gasteiger partial charge in [0.1, 0.15) is 12.7 Å². The van der Waals surface area contributed by atoms with E-state index in [0.717, 1.165) is 0 Å². The van der Waals surface area contributed by atoms with Crippen molar-refractivity contribution in [2.24, 2.45) is 4.99 Å². The van der Waals surface area contributed by atoms with Gasteiger partial charge in [-0.15, -0.1) is 0 Å². The minimum atomic E-state index is -4.42. The maximum atomic E-state index is 12.3. The highest BCUT2D eigenvalue weighted by atomic mass is 19.4. The monoisotopic (exact) mass is 403 g/mol. The van der Waals surface area contributed by atoms with Crippen molar-refractivity contribution in [1.82, 2.24) is 10.3 Å². The second-order valence-corrected chi connectivity index (χ2v) is 5.99. The van der Waals surface area contributed by atoms with Gasteiger partial charge in [-0.25, -0.2) is 4.98 Å². The van der Waals surface area contributed by atoms with Crippen LogP contribution in [0.25, 0.3) is 5.70 Å². The Kier molecular flexibility index (Phi) is 8.06. The van der Waals surface area contributed by atoms with Gasteiger partial charge in [-0.05, 0) is 12.5 Å². The summed E-state index contributed by atoms with van der Waals surface area (Å²) in [7, 11) is 3.31. The van der Waals surface area contributed by atoms with E-state index in [1.54, 1.807) is 27.1 Å². The van der Waals surface area contributed by atoms with Crippen molar-refractivity contribution in [3.8, 4) is 5.88 Å². The zero-order valence-electron chi connectivity index (χ0n) is 16.0. The predicted molar refractivity (Wildman–Crippen MR) is 97.4 cm³/mol. The van der Waals surface area contributed by atoms with Gasteiger partial charge in [0.25, 0.3) is 0 Å². The Morgan fingerprint density at radius 3 is 2.79 bits per heavy atom. The lowest BCUT2D eigenvalue weighted by Crippen LogP contribution is -2.33. The lowest BCUT2D eigenvalue weighted by atomic mass is 10.1. The van der Waals surface area contributed by atoms with Crippen LogP contribution in [0.4, 0.5) is 13.2 Å². The van der Waals surface area contributed by atoms with Crippen molar-refractivity contribution in [3.63, 3.8) is 0 Å². The Labute approximate surface area is 161 Å². The van der Waals surface area contributed by atoms with Crippen LogP contribution in [0.2, 0.25) is 0 Å². The molecule has 1 aromatic heterocycles. The number of aryl methyl sites for hydroxylation is 1. The molecule has 7 nitrogen and oxygen atoms in total. The number of aromatic nitrogens is 1.